The Kier molecular flexibility index (Phi) is 4.87. The van der Waals surface area contributed by atoms with Gasteiger partial charge in [0, 0.05) is 24.5 Å². The van der Waals surface area contributed by atoms with Gasteiger partial charge in [-0.3, -0.25) is 9.59 Å². The topological polar surface area (TPSA) is 70.1 Å². The lowest BCUT2D eigenvalue weighted by Crippen LogP contribution is -2.34. The predicted molar refractivity (Wildman–Crippen MR) is 96.4 cm³/mol. The van der Waals surface area contributed by atoms with Crippen LogP contribution in [0, 0.1) is 0 Å². The number of benzene rings is 1. The Bertz CT molecular complexity index is 829. The molecule has 0 radical (unpaired) electrons. The maximum absolute atomic E-state index is 13.1. The molecule has 2 heterocycles. The fourth-order valence-corrected chi connectivity index (χ4v) is 3.52. The lowest BCUT2D eigenvalue weighted by molar-refractivity contribution is -0.120. The number of nitrogens with zero attached hydrogens (tertiary/aromatic N) is 2. The van der Waals surface area contributed by atoms with Crippen molar-refractivity contribution < 1.29 is 19.4 Å². The van der Waals surface area contributed by atoms with Crippen molar-refractivity contribution in [3.8, 4) is 5.75 Å². The molecule has 2 aromatic rings. The van der Waals surface area contributed by atoms with Crippen molar-refractivity contribution in [1.29, 1.82) is 0 Å². The molecule has 0 fully saturated rings. The van der Waals surface area contributed by atoms with E-state index in [-0.39, 0.29) is 19.1 Å². The van der Waals surface area contributed by atoms with Crippen molar-refractivity contribution in [2.24, 2.45) is 0 Å². The maximum atomic E-state index is 13.1. The summed E-state index contributed by atoms with van der Waals surface area (Å²) in [5.41, 5.74) is 1.11. The van der Waals surface area contributed by atoms with Crippen LogP contribution < -0.4 is 9.64 Å². The SMILES string of the molecule is COc1cccc(N2C(=O)C(c3cccs3)=C(N(C)CCO)C2=O)c1. The molecule has 1 aliphatic heterocycles. The number of amides is 2. The Morgan fingerprint density at radius 2 is 2.00 bits per heavy atom. The van der Waals surface area contributed by atoms with Crippen molar-refractivity contribution in [2.45, 2.75) is 0 Å². The minimum atomic E-state index is -0.405. The van der Waals surface area contributed by atoms with Crippen LogP contribution in [0.15, 0.2) is 47.5 Å². The van der Waals surface area contributed by atoms with E-state index in [1.807, 2.05) is 17.5 Å². The summed E-state index contributed by atoms with van der Waals surface area (Å²) in [5.74, 6) is -0.217. The first-order valence-corrected chi connectivity index (χ1v) is 8.59. The number of carbonyl (C=O) groups excluding carboxylic acids is 2. The van der Waals surface area contributed by atoms with E-state index < -0.39 is 5.91 Å². The van der Waals surface area contributed by atoms with Gasteiger partial charge in [0.15, 0.2) is 0 Å². The third kappa shape index (κ3) is 3.04. The molecule has 1 N–H and O–H groups in total. The molecule has 0 aliphatic carbocycles. The minimum Gasteiger partial charge on any atom is -0.497 e. The van der Waals surface area contributed by atoms with E-state index in [0.29, 0.717) is 22.7 Å². The highest BCUT2D eigenvalue weighted by Gasteiger charge is 2.42. The van der Waals surface area contributed by atoms with Crippen LogP contribution in [-0.2, 0) is 9.59 Å². The number of aliphatic hydroxyl groups excluding tert-OH is 1. The molecule has 0 unspecified atom stereocenters. The summed E-state index contributed by atoms with van der Waals surface area (Å²) in [6, 6.07) is 10.5. The van der Waals surface area contributed by atoms with Crippen LogP contribution in [0.3, 0.4) is 0 Å². The van der Waals surface area contributed by atoms with Gasteiger partial charge in [-0.2, -0.15) is 0 Å². The van der Waals surface area contributed by atoms with E-state index >= 15 is 0 Å². The standard InChI is InChI=1S/C18H18N2O4S/c1-19(8-9-21)16-15(14-7-4-10-25-14)17(22)20(18(16)23)12-5-3-6-13(11-12)24-2/h3-7,10-11,21H,8-9H2,1-2H3. The number of thiophene rings is 1. The Morgan fingerprint density at radius 3 is 2.64 bits per heavy atom. The van der Waals surface area contributed by atoms with E-state index in [9.17, 15) is 14.7 Å². The summed E-state index contributed by atoms with van der Waals surface area (Å²) in [6.07, 6.45) is 0. The molecule has 1 aromatic carbocycles. The molecular weight excluding hydrogens is 340 g/mol. The molecule has 6 nitrogen and oxygen atoms in total. The van der Waals surface area contributed by atoms with Gasteiger partial charge in [0.05, 0.1) is 25.0 Å². The van der Waals surface area contributed by atoms with Gasteiger partial charge in [-0.05, 0) is 23.6 Å². The molecular formula is C18H18N2O4S. The van der Waals surface area contributed by atoms with Crippen LogP contribution in [0.4, 0.5) is 5.69 Å². The second-order valence-corrected chi connectivity index (χ2v) is 6.44. The highest BCUT2D eigenvalue weighted by atomic mass is 32.1. The molecule has 130 valence electrons. The number of ether oxygens (including phenoxy) is 1. The number of hydrogen-bond donors (Lipinski definition) is 1. The van der Waals surface area contributed by atoms with Crippen molar-refractivity contribution in [1.82, 2.24) is 4.90 Å². The van der Waals surface area contributed by atoms with Crippen LogP contribution in [0.2, 0.25) is 0 Å². The Morgan fingerprint density at radius 1 is 1.20 bits per heavy atom. The Labute approximate surface area is 149 Å². The van der Waals surface area contributed by atoms with Gasteiger partial charge >= 0.3 is 0 Å². The summed E-state index contributed by atoms with van der Waals surface area (Å²) in [7, 11) is 3.22. The van der Waals surface area contributed by atoms with E-state index in [4.69, 9.17) is 4.74 Å². The summed E-state index contributed by atoms with van der Waals surface area (Å²) < 4.78 is 5.19. The van der Waals surface area contributed by atoms with Gasteiger partial charge in [-0.1, -0.05) is 12.1 Å². The molecule has 2 amide bonds. The monoisotopic (exact) mass is 358 g/mol. The van der Waals surface area contributed by atoms with Gasteiger partial charge in [0.25, 0.3) is 11.8 Å². The minimum absolute atomic E-state index is 0.113. The zero-order valence-electron chi connectivity index (χ0n) is 13.9. The summed E-state index contributed by atoms with van der Waals surface area (Å²) in [6.45, 7) is 0.146. The van der Waals surface area contributed by atoms with Crippen molar-refractivity contribution in [2.75, 3.05) is 32.2 Å². The lowest BCUT2D eigenvalue weighted by Gasteiger charge is -2.20. The average molecular weight is 358 g/mol. The zero-order chi connectivity index (χ0) is 18.0. The van der Waals surface area contributed by atoms with E-state index in [1.54, 1.807) is 36.2 Å². The van der Waals surface area contributed by atoms with Crippen LogP contribution in [0.25, 0.3) is 5.57 Å². The second kappa shape index (κ2) is 7.08. The molecule has 3 rings (SSSR count). The first-order chi connectivity index (χ1) is 12.1. The highest BCUT2D eigenvalue weighted by Crippen LogP contribution is 2.36. The molecule has 0 saturated heterocycles. The van der Waals surface area contributed by atoms with E-state index in [0.717, 1.165) is 9.78 Å². The van der Waals surface area contributed by atoms with Crippen LogP contribution >= 0.6 is 11.3 Å². The largest absolute Gasteiger partial charge is 0.497 e. The van der Waals surface area contributed by atoms with Crippen molar-refractivity contribution in [3.05, 3.63) is 52.4 Å². The van der Waals surface area contributed by atoms with E-state index in [1.165, 1.54) is 18.4 Å². The average Bonchev–Trinajstić information content (AvgIpc) is 3.21. The van der Waals surface area contributed by atoms with Crippen LogP contribution in [-0.4, -0.2) is 49.1 Å². The fraction of sp³-hybridized carbons (Fsp3) is 0.222. The third-order valence-electron chi connectivity index (χ3n) is 3.96. The number of aliphatic hydroxyl groups is 1. The number of imide groups is 1. The van der Waals surface area contributed by atoms with Crippen molar-refractivity contribution >= 4 is 34.4 Å². The number of carbonyl (C=O) groups is 2. The molecule has 25 heavy (non-hydrogen) atoms. The number of likely N-dealkylation sites (N-methyl/N-ethyl adjacent to an activating group) is 1. The summed E-state index contributed by atoms with van der Waals surface area (Å²) >= 11 is 1.40. The highest BCUT2D eigenvalue weighted by molar-refractivity contribution is 7.11. The van der Waals surface area contributed by atoms with Gasteiger partial charge < -0.3 is 14.7 Å². The molecule has 1 aliphatic rings. The first-order valence-electron chi connectivity index (χ1n) is 7.71. The zero-order valence-corrected chi connectivity index (χ0v) is 14.7. The third-order valence-corrected chi connectivity index (χ3v) is 4.84. The molecule has 0 spiro atoms. The van der Waals surface area contributed by atoms with Gasteiger partial charge in [-0.25, -0.2) is 4.90 Å². The Hall–Kier alpha value is -2.64. The smallest absolute Gasteiger partial charge is 0.282 e. The van der Waals surface area contributed by atoms with Gasteiger partial charge in [0.2, 0.25) is 0 Å². The second-order valence-electron chi connectivity index (χ2n) is 5.49. The van der Waals surface area contributed by atoms with Gasteiger partial charge in [-0.15, -0.1) is 11.3 Å². The molecule has 0 atom stereocenters. The predicted octanol–water partition coefficient (Wildman–Crippen LogP) is 1.97. The van der Waals surface area contributed by atoms with Crippen LogP contribution in [0.1, 0.15) is 4.88 Å². The summed E-state index contributed by atoms with van der Waals surface area (Å²) in [5, 5.41) is 11.1. The molecule has 0 bridgehead atoms. The van der Waals surface area contributed by atoms with Crippen molar-refractivity contribution in [3.63, 3.8) is 0 Å². The normalized spacial score (nSPS) is 14.4. The lowest BCUT2D eigenvalue weighted by atomic mass is 10.2. The van der Waals surface area contributed by atoms with Crippen LogP contribution in [0.5, 0.6) is 5.75 Å². The summed E-state index contributed by atoms with van der Waals surface area (Å²) in [4.78, 5) is 29.6. The molecule has 7 heteroatoms. The fourth-order valence-electron chi connectivity index (χ4n) is 2.76. The molecule has 0 saturated carbocycles. The van der Waals surface area contributed by atoms with E-state index in [2.05, 4.69) is 0 Å². The molecule has 1 aromatic heterocycles. The van der Waals surface area contributed by atoms with Gasteiger partial charge in [0.1, 0.15) is 11.4 Å². The number of rotatable bonds is 6. The first kappa shape index (κ1) is 17.2. The quantitative estimate of drug-likeness (QED) is 0.800. The number of methoxy groups -OCH3 is 1. The Balaban J connectivity index is 2.09. The maximum Gasteiger partial charge on any atom is 0.282 e. The number of hydrogen-bond acceptors (Lipinski definition) is 6. The number of anilines is 1.